The molecule has 1 amide bonds. The number of nitriles is 1. The van der Waals surface area contributed by atoms with Crippen molar-refractivity contribution in [3.05, 3.63) is 108 Å². The molecule has 0 spiro atoms. The first-order chi connectivity index (χ1) is 16.6. The van der Waals surface area contributed by atoms with Crippen molar-refractivity contribution in [3.8, 4) is 17.6 Å². The second-order valence-electron chi connectivity index (χ2n) is 7.34. The summed E-state index contributed by atoms with van der Waals surface area (Å²) < 4.78 is 10.5. The first-order valence-electron chi connectivity index (χ1n) is 10.4. The van der Waals surface area contributed by atoms with Crippen LogP contribution in [0.15, 0.2) is 96.6 Å². The van der Waals surface area contributed by atoms with E-state index in [1.54, 1.807) is 61.7 Å². The molecule has 0 saturated heterocycles. The SMILES string of the molecule is COc1ccc(C(=O)Oc2ccc(/C=C(\C#N)C(=O)Nc3cccc4ccccc34)cc2)cc1. The molecule has 0 bridgehead atoms. The van der Waals surface area contributed by atoms with Gasteiger partial charge in [-0.1, -0.05) is 48.5 Å². The van der Waals surface area contributed by atoms with Gasteiger partial charge in [0, 0.05) is 11.1 Å². The number of amides is 1. The smallest absolute Gasteiger partial charge is 0.343 e. The number of benzene rings is 4. The van der Waals surface area contributed by atoms with Gasteiger partial charge < -0.3 is 14.8 Å². The van der Waals surface area contributed by atoms with Gasteiger partial charge in [0.2, 0.25) is 0 Å². The van der Waals surface area contributed by atoms with Crippen molar-refractivity contribution < 1.29 is 19.1 Å². The highest BCUT2D eigenvalue weighted by molar-refractivity contribution is 6.12. The summed E-state index contributed by atoms with van der Waals surface area (Å²) in [6.07, 6.45) is 1.48. The fraction of sp³-hybridized carbons (Fsp3) is 0.0357. The van der Waals surface area contributed by atoms with Crippen molar-refractivity contribution in [2.45, 2.75) is 0 Å². The molecule has 1 N–H and O–H groups in total. The lowest BCUT2D eigenvalue weighted by atomic mass is 10.1. The summed E-state index contributed by atoms with van der Waals surface area (Å²) in [5.41, 5.74) is 1.59. The van der Waals surface area contributed by atoms with Crippen molar-refractivity contribution in [1.82, 2.24) is 0 Å². The molecule has 6 nitrogen and oxygen atoms in total. The number of ether oxygens (including phenoxy) is 2. The predicted molar refractivity (Wildman–Crippen MR) is 131 cm³/mol. The second kappa shape index (κ2) is 10.2. The van der Waals surface area contributed by atoms with Crippen LogP contribution >= 0.6 is 0 Å². The van der Waals surface area contributed by atoms with Crippen LogP contribution < -0.4 is 14.8 Å². The maximum atomic E-state index is 12.7. The minimum absolute atomic E-state index is 0.0455. The normalized spacial score (nSPS) is 10.9. The summed E-state index contributed by atoms with van der Waals surface area (Å²) in [4.78, 5) is 25.0. The number of methoxy groups -OCH3 is 1. The van der Waals surface area contributed by atoms with Gasteiger partial charge in [-0.25, -0.2) is 4.79 Å². The van der Waals surface area contributed by atoms with Crippen LogP contribution in [0, 0.1) is 11.3 Å². The van der Waals surface area contributed by atoms with E-state index in [1.807, 2.05) is 42.5 Å². The third kappa shape index (κ3) is 5.12. The number of nitrogens with one attached hydrogen (secondary N) is 1. The van der Waals surface area contributed by atoms with Crippen molar-refractivity contribution in [2.75, 3.05) is 12.4 Å². The van der Waals surface area contributed by atoms with E-state index in [1.165, 1.54) is 6.08 Å². The number of hydrogen-bond donors (Lipinski definition) is 1. The summed E-state index contributed by atoms with van der Waals surface area (Å²) in [7, 11) is 1.55. The lowest BCUT2D eigenvalue weighted by molar-refractivity contribution is -0.112. The fourth-order valence-electron chi connectivity index (χ4n) is 3.36. The molecule has 0 aromatic heterocycles. The third-order valence-corrected chi connectivity index (χ3v) is 5.13. The van der Waals surface area contributed by atoms with E-state index >= 15 is 0 Å². The molecule has 4 aromatic carbocycles. The molecular weight excluding hydrogens is 428 g/mol. The van der Waals surface area contributed by atoms with Gasteiger partial charge in [0.15, 0.2) is 0 Å². The lowest BCUT2D eigenvalue weighted by Crippen LogP contribution is -2.13. The van der Waals surface area contributed by atoms with Crippen molar-refractivity contribution >= 4 is 34.4 Å². The van der Waals surface area contributed by atoms with Crippen molar-refractivity contribution in [3.63, 3.8) is 0 Å². The molecule has 0 unspecified atom stereocenters. The standard InChI is InChI=1S/C28H20N2O4/c1-33-23-15-11-21(12-16-23)28(32)34-24-13-9-19(10-14-24)17-22(18-29)27(31)30-26-8-4-6-20-5-2-3-7-25(20)26/h2-17H,1H3,(H,30,31)/b22-17+. The van der Waals surface area contributed by atoms with Gasteiger partial charge >= 0.3 is 5.97 Å². The Kier molecular flexibility index (Phi) is 6.66. The quantitative estimate of drug-likeness (QED) is 0.179. The number of anilines is 1. The van der Waals surface area contributed by atoms with Gasteiger partial charge in [-0.2, -0.15) is 5.26 Å². The molecule has 0 aliphatic heterocycles. The Bertz CT molecular complexity index is 1410. The average molecular weight is 448 g/mol. The van der Waals surface area contributed by atoms with E-state index in [4.69, 9.17) is 9.47 Å². The molecular formula is C28H20N2O4. The van der Waals surface area contributed by atoms with Gasteiger partial charge in [-0.3, -0.25) is 4.79 Å². The van der Waals surface area contributed by atoms with E-state index in [-0.39, 0.29) is 5.57 Å². The molecule has 4 aromatic rings. The largest absolute Gasteiger partial charge is 0.497 e. The Morgan fingerprint density at radius 3 is 2.24 bits per heavy atom. The Labute approximate surface area is 196 Å². The number of carbonyl (C=O) groups is 2. The Balaban J connectivity index is 1.46. The third-order valence-electron chi connectivity index (χ3n) is 5.13. The van der Waals surface area contributed by atoms with Crippen LogP contribution in [-0.4, -0.2) is 19.0 Å². The summed E-state index contributed by atoms with van der Waals surface area (Å²) in [5, 5.41) is 14.2. The van der Waals surface area contributed by atoms with Crippen LogP contribution in [0.4, 0.5) is 5.69 Å². The lowest BCUT2D eigenvalue weighted by Gasteiger charge is -2.08. The Hall–Kier alpha value is -4.89. The van der Waals surface area contributed by atoms with Crippen LogP contribution in [0.25, 0.3) is 16.8 Å². The molecule has 166 valence electrons. The van der Waals surface area contributed by atoms with E-state index in [0.717, 1.165) is 10.8 Å². The topological polar surface area (TPSA) is 88.4 Å². The number of hydrogen-bond acceptors (Lipinski definition) is 5. The highest BCUT2D eigenvalue weighted by Gasteiger charge is 2.12. The Morgan fingerprint density at radius 2 is 1.53 bits per heavy atom. The van der Waals surface area contributed by atoms with Gasteiger partial charge in [0.25, 0.3) is 5.91 Å². The summed E-state index contributed by atoms with van der Waals surface area (Å²) >= 11 is 0. The highest BCUT2D eigenvalue weighted by atomic mass is 16.5. The predicted octanol–water partition coefficient (Wildman–Crippen LogP) is 5.61. The first kappa shape index (κ1) is 22.3. The van der Waals surface area contributed by atoms with Crippen molar-refractivity contribution in [1.29, 1.82) is 5.26 Å². The summed E-state index contributed by atoms with van der Waals surface area (Å²) in [6, 6.07) is 28.3. The minimum atomic E-state index is -0.506. The molecule has 6 heteroatoms. The molecule has 4 rings (SSSR count). The average Bonchev–Trinajstić information content (AvgIpc) is 2.88. The monoisotopic (exact) mass is 448 g/mol. The van der Waals surface area contributed by atoms with Crippen LogP contribution in [0.2, 0.25) is 0 Å². The van der Waals surface area contributed by atoms with E-state index < -0.39 is 11.9 Å². The van der Waals surface area contributed by atoms with Crippen LogP contribution in [-0.2, 0) is 4.79 Å². The zero-order valence-corrected chi connectivity index (χ0v) is 18.3. The maximum absolute atomic E-state index is 12.7. The van der Waals surface area contributed by atoms with E-state index in [0.29, 0.717) is 28.3 Å². The van der Waals surface area contributed by atoms with Crippen LogP contribution in [0.5, 0.6) is 11.5 Å². The molecule has 34 heavy (non-hydrogen) atoms. The van der Waals surface area contributed by atoms with E-state index in [9.17, 15) is 14.9 Å². The number of rotatable bonds is 6. The van der Waals surface area contributed by atoms with Crippen molar-refractivity contribution in [2.24, 2.45) is 0 Å². The number of esters is 1. The minimum Gasteiger partial charge on any atom is -0.497 e. The van der Waals surface area contributed by atoms with Crippen LogP contribution in [0.1, 0.15) is 15.9 Å². The summed E-state index contributed by atoms with van der Waals surface area (Å²) in [5.74, 6) is -0.0193. The number of carbonyl (C=O) groups excluding carboxylic acids is 2. The number of nitrogens with zero attached hydrogens (tertiary/aromatic N) is 1. The molecule has 0 fully saturated rings. The molecule has 0 saturated carbocycles. The highest BCUT2D eigenvalue weighted by Crippen LogP contribution is 2.24. The zero-order valence-electron chi connectivity index (χ0n) is 18.3. The maximum Gasteiger partial charge on any atom is 0.343 e. The second-order valence-corrected chi connectivity index (χ2v) is 7.34. The van der Waals surface area contributed by atoms with Gasteiger partial charge in [0.05, 0.1) is 12.7 Å². The molecule has 0 heterocycles. The molecule has 0 aliphatic rings. The zero-order chi connectivity index (χ0) is 23.9. The molecule has 0 radical (unpaired) electrons. The molecule has 0 aliphatic carbocycles. The van der Waals surface area contributed by atoms with Gasteiger partial charge in [-0.05, 0) is 59.5 Å². The van der Waals surface area contributed by atoms with E-state index in [2.05, 4.69) is 5.32 Å². The number of fused-ring (bicyclic) bond motifs is 1. The summed E-state index contributed by atoms with van der Waals surface area (Å²) in [6.45, 7) is 0. The molecule has 0 atom stereocenters. The van der Waals surface area contributed by atoms with Gasteiger partial charge in [-0.15, -0.1) is 0 Å². The van der Waals surface area contributed by atoms with Crippen LogP contribution in [0.3, 0.4) is 0 Å². The Morgan fingerprint density at radius 1 is 0.853 bits per heavy atom. The first-order valence-corrected chi connectivity index (χ1v) is 10.4. The fourth-order valence-corrected chi connectivity index (χ4v) is 3.36. The van der Waals surface area contributed by atoms with Gasteiger partial charge in [0.1, 0.15) is 23.1 Å².